The average Bonchev–Trinajstić information content (AvgIpc) is 2.47. The summed E-state index contributed by atoms with van der Waals surface area (Å²) in [6, 6.07) is 7.40. The monoisotopic (exact) mass is 311 g/mol. The number of nitrogens with one attached hydrogen (secondary N) is 1. The first-order chi connectivity index (χ1) is 9.97. The molecule has 1 saturated heterocycles. The quantitative estimate of drug-likeness (QED) is 0.868. The third kappa shape index (κ3) is 3.56. The highest BCUT2D eigenvalue weighted by Crippen LogP contribution is 2.31. The van der Waals surface area contributed by atoms with Crippen molar-refractivity contribution < 1.29 is 8.42 Å². The molecule has 0 bridgehead atoms. The molecule has 118 valence electrons. The fourth-order valence-corrected chi connectivity index (χ4v) is 4.25. The summed E-state index contributed by atoms with van der Waals surface area (Å²) < 4.78 is 27.4. The van der Waals surface area contributed by atoms with E-state index in [4.69, 9.17) is 5.73 Å². The Balaban J connectivity index is 2.44. The number of nitrogens with zero attached hydrogens (tertiary/aromatic N) is 1. The Morgan fingerprint density at radius 3 is 2.76 bits per heavy atom. The van der Waals surface area contributed by atoms with E-state index in [0.29, 0.717) is 11.4 Å². The summed E-state index contributed by atoms with van der Waals surface area (Å²) in [5.74, 6) is 0. The molecule has 6 heteroatoms. The van der Waals surface area contributed by atoms with Crippen LogP contribution in [0.2, 0.25) is 0 Å². The summed E-state index contributed by atoms with van der Waals surface area (Å²) in [6.07, 6.45) is 3.22. The second kappa shape index (κ2) is 6.77. The minimum atomic E-state index is -3.47. The van der Waals surface area contributed by atoms with E-state index in [1.54, 1.807) is 19.1 Å². The van der Waals surface area contributed by atoms with Gasteiger partial charge in [-0.25, -0.2) is 13.1 Å². The number of hydrogen-bond acceptors (Lipinski definition) is 4. The molecule has 1 fully saturated rings. The van der Waals surface area contributed by atoms with Gasteiger partial charge in [-0.05, 0) is 38.3 Å². The predicted molar refractivity (Wildman–Crippen MR) is 85.9 cm³/mol. The number of anilines is 1. The van der Waals surface area contributed by atoms with Crippen molar-refractivity contribution in [1.82, 2.24) is 4.72 Å². The van der Waals surface area contributed by atoms with Crippen LogP contribution in [0.5, 0.6) is 0 Å². The number of piperidine rings is 1. The van der Waals surface area contributed by atoms with Crippen LogP contribution in [0, 0.1) is 0 Å². The van der Waals surface area contributed by atoms with Crippen molar-refractivity contribution in [2.75, 3.05) is 18.0 Å². The molecule has 1 heterocycles. The normalized spacial score (nSPS) is 21.3. The minimum absolute atomic E-state index is 0.0141. The van der Waals surface area contributed by atoms with Crippen molar-refractivity contribution in [3.63, 3.8) is 0 Å². The highest BCUT2D eigenvalue weighted by Gasteiger charge is 2.29. The lowest BCUT2D eigenvalue weighted by Gasteiger charge is -2.40. The molecular formula is C15H25N3O2S. The predicted octanol–water partition coefficient (Wildman–Crippen LogP) is 1.69. The molecular weight excluding hydrogens is 286 g/mol. The Bertz CT molecular complexity index is 572. The van der Waals surface area contributed by atoms with Gasteiger partial charge in [-0.15, -0.1) is 0 Å². The molecule has 21 heavy (non-hydrogen) atoms. The van der Waals surface area contributed by atoms with Gasteiger partial charge < -0.3 is 10.6 Å². The molecule has 1 aromatic carbocycles. The van der Waals surface area contributed by atoms with E-state index < -0.39 is 10.0 Å². The molecule has 3 N–H and O–H groups in total. The first-order valence-electron chi connectivity index (χ1n) is 7.58. The lowest BCUT2D eigenvalue weighted by atomic mass is 9.96. The zero-order chi connectivity index (χ0) is 15.5. The molecule has 5 nitrogen and oxygen atoms in total. The lowest BCUT2D eigenvalue weighted by Crippen LogP contribution is -2.49. The maximum Gasteiger partial charge on any atom is 0.242 e. The molecule has 0 aliphatic carbocycles. The Morgan fingerprint density at radius 2 is 2.10 bits per heavy atom. The molecule has 0 radical (unpaired) electrons. The first kappa shape index (κ1) is 16.3. The molecule has 0 amide bonds. The van der Waals surface area contributed by atoms with Crippen LogP contribution in [0.4, 0.5) is 5.69 Å². The number of benzene rings is 1. The third-order valence-corrected chi connectivity index (χ3v) is 5.55. The molecule has 1 aromatic rings. The van der Waals surface area contributed by atoms with Crippen LogP contribution in [0.1, 0.15) is 33.1 Å². The summed E-state index contributed by atoms with van der Waals surface area (Å²) in [7, 11) is -3.47. The van der Waals surface area contributed by atoms with Crippen molar-refractivity contribution in [3.05, 3.63) is 24.3 Å². The van der Waals surface area contributed by atoms with Gasteiger partial charge in [0, 0.05) is 25.2 Å². The van der Waals surface area contributed by atoms with Gasteiger partial charge in [0.05, 0.1) is 5.69 Å². The van der Waals surface area contributed by atoms with E-state index in [0.717, 1.165) is 31.5 Å². The Hall–Kier alpha value is -1.11. The van der Waals surface area contributed by atoms with E-state index >= 15 is 0 Å². The van der Waals surface area contributed by atoms with Crippen LogP contribution < -0.4 is 15.4 Å². The van der Waals surface area contributed by atoms with Crippen molar-refractivity contribution in [2.45, 2.75) is 50.1 Å². The molecule has 0 spiro atoms. The molecule has 0 saturated carbocycles. The van der Waals surface area contributed by atoms with E-state index in [9.17, 15) is 8.42 Å². The smallest absolute Gasteiger partial charge is 0.242 e. The highest BCUT2D eigenvalue weighted by molar-refractivity contribution is 7.89. The van der Waals surface area contributed by atoms with Crippen molar-refractivity contribution >= 4 is 15.7 Å². The standard InChI is InChI=1S/C15H25N3O2S/c1-3-17-21(19,20)15-10-5-4-9-14(15)18-11-7-6-8-13(18)12(2)16/h4-5,9-10,12-13,17H,3,6-8,11,16H2,1-2H3. The van der Waals surface area contributed by atoms with Gasteiger partial charge >= 0.3 is 0 Å². The maximum atomic E-state index is 12.4. The van der Waals surface area contributed by atoms with Crippen LogP contribution in [0.3, 0.4) is 0 Å². The highest BCUT2D eigenvalue weighted by atomic mass is 32.2. The fraction of sp³-hybridized carbons (Fsp3) is 0.600. The summed E-state index contributed by atoms with van der Waals surface area (Å²) in [5, 5.41) is 0. The molecule has 1 aliphatic rings. The van der Waals surface area contributed by atoms with E-state index in [2.05, 4.69) is 9.62 Å². The summed E-state index contributed by atoms with van der Waals surface area (Å²) in [4.78, 5) is 2.51. The zero-order valence-corrected chi connectivity index (χ0v) is 13.6. The van der Waals surface area contributed by atoms with Crippen LogP contribution in [-0.2, 0) is 10.0 Å². The number of sulfonamides is 1. The maximum absolute atomic E-state index is 12.4. The van der Waals surface area contributed by atoms with Gasteiger partial charge in [0.1, 0.15) is 4.90 Å². The molecule has 2 unspecified atom stereocenters. The minimum Gasteiger partial charge on any atom is -0.366 e. The van der Waals surface area contributed by atoms with Gasteiger partial charge in [0.25, 0.3) is 0 Å². The van der Waals surface area contributed by atoms with Crippen molar-refractivity contribution in [3.8, 4) is 0 Å². The molecule has 2 rings (SSSR count). The summed E-state index contributed by atoms with van der Waals surface area (Å²) in [6.45, 7) is 5.01. The van der Waals surface area contributed by atoms with Gasteiger partial charge in [-0.2, -0.15) is 0 Å². The fourth-order valence-electron chi connectivity index (χ4n) is 2.99. The third-order valence-electron chi connectivity index (χ3n) is 3.95. The largest absolute Gasteiger partial charge is 0.366 e. The van der Waals surface area contributed by atoms with Crippen LogP contribution in [0.25, 0.3) is 0 Å². The molecule has 0 aromatic heterocycles. The van der Waals surface area contributed by atoms with Gasteiger partial charge in [0.2, 0.25) is 10.0 Å². The Labute approximate surface area is 127 Å². The zero-order valence-electron chi connectivity index (χ0n) is 12.7. The SMILES string of the molecule is CCNS(=O)(=O)c1ccccc1N1CCCCC1C(C)N. The summed E-state index contributed by atoms with van der Waals surface area (Å²) >= 11 is 0. The number of para-hydroxylation sites is 1. The van der Waals surface area contributed by atoms with E-state index in [1.165, 1.54) is 0 Å². The van der Waals surface area contributed by atoms with Gasteiger partial charge in [0.15, 0.2) is 0 Å². The second-order valence-corrected chi connectivity index (χ2v) is 7.32. The Kier molecular flexibility index (Phi) is 5.24. The number of rotatable bonds is 5. The van der Waals surface area contributed by atoms with Crippen LogP contribution in [-0.4, -0.2) is 33.6 Å². The number of nitrogens with two attached hydrogens (primary N) is 1. The van der Waals surface area contributed by atoms with Gasteiger partial charge in [-0.3, -0.25) is 0 Å². The van der Waals surface area contributed by atoms with Crippen LogP contribution in [0.15, 0.2) is 29.2 Å². The second-order valence-electron chi connectivity index (χ2n) is 5.58. The topological polar surface area (TPSA) is 75.4 Å². The average molecular weight is 311 g/mol. The lowest BCUT2D eigenvalue weighted by molar-refractivity contribution is 0.411. The summed E-state index contributed by atoms with van der Waals surface area (Å²) in [5.41, 5.74) is 6.87. The molecule has 2 atom stereocenters. The van der Waals surface area contributed by atoms with E-state index in [1.807, 2.05) is 19.1 Å². The van der Waals surface area contributed by atoms with Crippen molar-refractivity contribution in [2.24, 2.45) is 5.73 Å². The van der Waals surface area contributed by atoms with Crippen LogP contribution >= 0.6 is 0 Å². The van der Waals surface area contributed by atoms with E-state index in [-0.39, 0.29) is 12.1 Å². The van der Waals surface area contributed by atoms with Gasteiger partial charge in [-0.1, -0.05) is 19.1 Å². The van der Waals surface area contributed by atoms with Crippen molar-refractivity contribution in [1.29, 1.82) is 0 Å². The molecule has 1 aliphatic heterocycles. The number of hydrogen-bond donors (Lipinski definition) is 2. The Morgan fingerprint density at radius 1 is 1.38 bits per heavy atom. The first-order valence-corrected chi connectivity index (χ1v) is 9.06.